The molecule has 0 saturated carbocycles. The molecule has 0 aromatic heterocycles. The van der Waals surface area contributed by atoms with Crippen LogP contribution < -0.4 is 10.2 Å². The van der Waals surface area contributed by atoms with Crippen molar-refractivity contribution in [3.63, 3.8) is 0 Å². The van der Waals surface area contributed by atoms with Gasteiger partial charge in [-0.15, -0.1) is 0 Å². The minimum atomic E-state index is -0.556. The van der Waals surface area contributed by atoms with E-state index in [1.807, 2.05) is 4.90 Å². The fraction of sp³-hybridized carbons (Fsp3) is 0.667. The number of benzene rings is 1. The lowest BCUT2D eigenvalue weighted by atomic mass is 9.85. The zero-order chi connectivity index (χ0) is 16.9. The average molecular weight is 335 g/mol. The highest BCUT2D eigenvalue weighted by atomic mass is 19.1. The van der Waals surface area contributed by atoms with Crippen molar-refractivity contribution >= 4 is 11.4 Å². The van der Waals surface area contributed by atoms with Crippen molar-refractivity contribution in [3.05, 3.63) is 34.1 Å². The number of halogens is 1. The molecule has 0 radical (unpaired) electrons. The van der Waals surface area contributed by atoms with Crippen molar-refractivity contribution in [1.82, 2.24) is 5.32 Å². The van der Waals surface area contributed by atoms with E-state index in [4.69, 9.17) is 0 Å². The van der Waals surface area contributed by atoms with Gasteiger partial charge in [-0.1, -0.05) is 12.8 Å². The van der Waals surface area contributed by atoms with Crippen molar-refractivity contribution in [2.75, 3.05) is 31.1 Å². The van der Waals surface area contributed by atoms with E-state index in [0.717, 1.165) is 56.9 Å². The maximum Gasteiger partial charge on any atom is 0.272 e. The van der Waals surface area contributed by atoms with E-state index in [2.05, 4.69) is 5.32 Å². The number of nitrogens with zero attached hydrogens (tertiary/aromatic N) is 2. The second-order valence-corrected chi connectivity index (χ2v) is 7.09. The van der Waals surface area contributed by atoms with Crippen LogP contribution in [0.25, 0.3) is 0 Å². The van der Waals surface area contributed by atoms with Crippen LogP contribution in [0.2, 0.25) is 0 Å². The molecule has 2 saturated heterocycles. The van der Waals surface area contributed by atoms with Gasteiger partial charge in [-0.3, -0.25) is 10.1 Å². The molecule has 1 aromatic carbocycles. The predicted octanol–water partition coefficient (Wildman–Crippen LogP) is 3.73. The van der Waals surface area contributed by atoms with Crippen LogP contribution in [-0.4, -0.2) is 31.1 Å². The monoisotopic (exact) mass is 335 g/mol. The second-order valence-electron chi connectivity index (χ2n) is 7.09. The van der Waals surface area contributed by atoms with E-state index in [1.54, 1.807) is 6.07 Å². The van der Waals surface area contributed by atoms with Crippen molar-refractivity contribution < 1.29 is 9.31 Å². The Labute approximate surface area is 142 Å². The number of hydrogen-bond acceptors (Lipinski definition) is 4. The van der Waals surface area contributed by atoms with Crippen LogP contribution in [0.5, 0.6) is 0 Å². The summed E-state index contributed by atoms with van der Waals surface area (Å²) in [6, 6.07) is 3.96. The molecular formula is C18H26FN3O2. The average Bonchev–Trinajstić information content (AvgIpc) is 2.61. The largest absolute Gasteiger partial charge is 0.369 e. The van der Waals surface area contributed by atoms with Gasteiger partial charge in [-0.05, 0) is 56.7 Å². The second kappa shape index (κ2) is 7.92. The fourth-order valence-electron chi connectivity index (χ4n) is 3.97. The van der Waals surface area contributed by atoms with E-state index in [9.17, 15) is 14.5 Å². The molecule has 0 atom stereocenters. The highest BCUT2D eigenvalue weighted by molar-refractivity contribution is 5.52. The van der Waals surface area contributed by atoms with E-state index in [0.29, 0.717) is 5.69 Å². The van der Waals surface area contributed by atoms with Crippen LogP contribution >= 0.6 is 0 Å². The summed E-state index contributed by atoms with van der Waals surface area (Å²) in [5.74, 6) is 1.12. The predicted molar refractivity (Wildman–Crippen MR) is 92.8 cm³/mol. The first-order chi connectivity index (χ1) is 11.6. The molecule has 2 aliphatic heterocycles. The zero-order valence-corrected chi connectivity index (χ0v) is 14.0. The molecule has 132 valence electrons. The lowest BCUT2D eigenvalue weighted by Crippen LogP contribution is -2.34. The molecule has 0 unspecified atom stereocenters. The van der Waals surface area contributed by atoms with Crippen LogP contribution in [0.4, 0.5) is 15.8 Å². The molecule has 0 spiro atoms. The van der Waals surface area contributed by atoms with Crippen molar-refractivity contribution in [2.45, 2.75) is 38.5 Å². The number of nitro benzene ring substituents is 1. The Morgan fingerprint density at radius 3 is 2.33 bits per heavy atom. The molecule has 6 heteroatoms. The lowest BCUT2D eigenvalue weighted by Gasteiger charge is -2.34. The number of piperidine rings is 2. The summed E-state index contributed by atoms with van der Waals surface area (Å²) < 4.78 is 14.1. The molecule has 0 aliphatic carbocycles. The van der Waals surface area contributed by atoms with E-state index < -0.39 is 10.7 Å². The highest BCUT2D eigenvalue weighted by Crippen LogP contribution is 2.31. The number of non-ortho nitro benzene ring substituents is 1. The molecular weight excluding hydrogens is 309 g/mol. The van der Waals surface area contributed by atoms with Gasteiger partial charge in [0.2, 0.25) is 0 Å². The Kier molecular flexibility index (Phi) is 5.66. The Balaban J connectivity index is 1.48. The summed E-state index contributed by atoms with van der Waals surface area (Å²) in [5.41, 5.74) is 0.311. The molecule has 2 aliphatic rings. The maximum absolute atomic E-state index is 14.1. The molecule has 1 N–H and O–H groups in total. The quantitative estimate of drug-likeness (QED) is 0.658. The Hall–Kier alpha value is -1.69. The summed E-state index contributed by atoms with van der Waals surface area (Å²) in [6.07, 6.45) is 7.36. The van der Waals surface area contributed by atoms with Gasteiger partial charge < -0.3 is 10.2 Å². The van der Waals surface area contributed by atoms with Crippen molar-refractivity contribution in [2.24, 2.45) is 11.8 Å². The van der Waals surface area contributed by atoms with Gasteiger partial charge in [0, 0.05) is 19.2 Å². The standard InChI is InChI=1S/C18H26FN3O2/c19-17-13-16(22(23)24)3-4-18(17)21-11-7-15(8-12-21)2-1-14-5-9-20-10-6-14/h3-4,13-15,20H,1-2,5-12H2. The van der Waals surface area contributed by atoms with Gasteiger partial charge in [0.1, 0.15) is 0 Å². The lowest BCUT2D eigenvalue weighted by molar-refractivity contribution is -0.385. The molecule has 5 nitrogen and oxygen atoms in total. The molecule has 2 fully saturated rings. The third-order valence-corrected chi connectivity index (χ3v) is 5.54. The first-order valence-electron chi connectivity index (χ1n) is 9.03. The minimum Gasteiger partial charge on any atom is -0.369 e. The third kappa shape index (κ3) is 4.23. The molecule has 3 rings (SSSR count). The molecule has 24 heavy (non-hydrogen) atoms. The smallest absolute Gasteiger partial charge is 0.272 e. The summed E-state index contributed by atoms with van der Waals surface area (Å²) in [5, 5.41) is 14.1. The first-order valence-corrected chi connectivity index (χ1v) is 9.03. The minimum absolute atomic E-state index is 0.187. The summed E-state index contributed by atoms with van der Waals surface area (Å²) in [4.78, 5) is 12.2. The fourth-order valence-corrected chi connectivity index (χ4v) is 3.97. The number of rotatable bonds is 5. The number of nitro groups is 1. The van der Waals surface area contributed by atoms with Gasteiger partial charge in [0.25, 0.3) is 5.69 Å². The van der Waals surface area contributed by atoms with Crippen molar-refractivity contribution in [1.29, 1.82) is 0 Å². The highest BCUT2D eigenvalue weighted by Gasteiger charge is 2.23. The number of anilines is 1. The number of nitrogens with one attached hydrogen (secondary N) is 1. The van der Waals surface area contributed by atoms with Crippen LogP contribution in [-0.2, 0) is 0 Å². The van der Waals surface area contributed by atoms with Crippen LogP contribution in [0.15, 0.2) is 18.2 Å². The molecule has 0 amide bonds. The van der Waals surface area contributed by atoms with Gasteiger partial charge in [-0.2, -0.15) is 0 Å². The van der Waals surface area contributed by atoms with Crippen LogP contribution in [0, 0.1) is 27.8 Å². The zero-order valence-electron chi connectivity index (χ0n) is 14.0. The maximum atomic E-state index is 14.1. The normalized spacial score (nSPS) is 20.3. The summed E-state index contributed by atoms with van der Waals surface area (Å²) >= 11 is 0. The molecule has 1 aromatic rings. The first kappa shape index (κ1) is 17.1. The van der Waals surface area contributed by atoms with Gasteiger partial charge in [-0.25, -0.2) is 4.39 Å². The molecule has 0 bridgehead atoms. The third-order valence-electron chi connectivity index (χ3n) is 5.54. The summed E-state index contributed by atoms with van der Waals surface area (Å²) in [6.45, 7) is 3.99. The van der Waals surface area contributed by atoms with Gasteiger partial charge in [0.15, 0.2) is 5.82 Å². The molecule has 2 heterocycles. The van der Waals surface area contributed by atoms with Crippen molar-refractivity contribution in [3.8, 4) is 0 Å². The SMILES string of the molecule is O=[N+]([O-])c1ccc(N2CCC(CCC3CCNCC3)CC2)c(F)c1. The van der Waals surface area contributed by atoms with Crippen LogP contribution in [0.1, 0.15) is 38.5 Å². The van der Waals surface area contributed by atoms with Crippen LogP contribution in [0.3, 0.4) is 0 Å². The van der Waals surface area contributed by atoms with Gasteiger partial charge in [0.05, 0.1) is 16.7 Å². The van der Waals surface area contributed by atoms with E-state index in [-0.39, 0.29) is 5.69 Å². The Bertz CT molecular complexity index is 567. The van der Waals surface area contributed by atoms with Gasteiger partial charge >= 0.3 is 0 Å². The Morgan fingerprint density at radius 2 is 1.75 bits per heavy atom. The topological polar surface area (TPSA) is 58.4 Å². The number of hydrogen-bond donors (Lipinski definition) is 1. The Morgan fingerprint density at radius 1 is 1.12 bits per heavy atom. The summed E-state index contributed by atoms with van der Waals surface area (Å²) in [7, 11) is 0. The van der Waals surface area contributed by atoms with E-state index in [1.165, 1.54) is 31.7 Å². The van der Waals surface area contributed by atoms with E-state index >= 15 is 0 Å².